The number of anilines is 1. The molecule has 0 fully saturated rings. The van der Waals surface area contributed by atoms with Crippen molar-refractivity contribution in [1.82, 2.24) is 10.2 Å². The van der Waals surface area contributed by atoms with Crippen LogP contribution < -0.4 is 19.1 Å². The summed E-state index contributed by atoms with van der Waals surface area (Å²) in [4.78, 5) is 39.1. The first-order chi connectivity index (χ1) is 20.5. The van der Waals surface area contributed by atoms with Crippen molar-refractivity contribution in [2.24, 2.45) is 0 Å². The molecular formula is C30H36N4O8S. The maximum Gasteiger partial charge on any atom is 0.273 e. The molecule has 43 heavy (non-hydrogen) atoms. The second kappa shape index (κ2) is 14.5. The molecule has 230 valence electrons. The number of nitrogens with zero attached hydrogens (tertiary/aromatic N) is 3. The van der Waals surface area contributed by atoms with Crippen LogP contribution in [0.15, 0.2) is 71.6 Å². The van der Waals surface area contributed by atoms with E-state index in [0.29, 0.717) is 23.6 Å². The number of likely N-dealkylation sites (N-methyl/N-ethyl adjacent to an activating group) is 1. The second-order valence-electron chi connectivity index (χ2n) is 9.60. The number of amides is 2. The SMILES string of the molecule is CCNC(=O)[C@@H](CC)N(Cc1ccc(OC)cc1)C(=O)CN(c1ccc(OC)cc1)S(=O)(=O)c1ccc(C)c([N+](=O)[O-])c1. The lowest BCUT2D eigenvalue weighted by molar-refractivity contribution is -0.385. The molecule has 13 heteroatoms. The summed E-state index contributed by atoms with van der Waals surface area (Å²) >= 11 is 0. The fraction of sp³-hybridized carbons (Fsp3) is 0.333. The number of nitro groups is 1. The van der Waals surface area contributed by atoms with Crippen LogP contribution in [0.25, 0.3) is 0 Å². The zero-order valence-corrected chi connectivity index (χ0v) is 25.6. The maximum atomic E-state index is 14.1. The van der Waals surface area contributed by atoms with E-state index >= 15 is 0 Å². The van der Waals surface area contributed by atoms with Crippen molar-refractivity contribution in [2.75, 3.05) is 31.6 Å². The van der Waals surface area contributed by atoms with E-state index in [1.807, 2.05) is 0 Å². The van der Waals surface area contributed by atoms with Gasteiger partial charge in [0, 0.05) is 24.7 Å². The smallest absolute Gasteiger partial charge is 0.273 e. The normalized spacial score (nSPS) is 11.7. The number of nitrogens with one attached hydrogen (secondary N) is 1. The van der Waals surface area contributed by atoms with Gasteiger partial charge >= 0.3 is 0 Å². The van der Waals surface area contributed by atoms with Crippen LogP contribution in [0.1, 0.15) is 31.4 Å². The van der Waals surface area contributed by atoms with Crippen molar-refractivity contribution in [3.8, 4) is 11.5 Å². The molecule has 2 amide bonds. The van der Waals surface area contributed by atoms with E-state index in [9.17, 15) is 28.1 Å². The third-order valence-corrected chi connectivity index (χ3v) is 8.62. The van der Waals surface area contributed by atoms with Crippen molar-refractivity contribution < 1.29 is 32.4 Å². The van der Waals surface area contributed by atoms with E-state index in [4.69, 9.17) is 9.47 Å². The zero-order chi connectivity index (χ0) is 31.7. The van der Waals surface area contributed by atoms with Gasteiger partial charge < -0.3 is 19.7 Å². The molecule has 0 saturated heterocycles. The summed E-state index contributed by atoms with van der Waals surface area (Å²) in [5.74, 6) is 0.0537. The molecule has 0 aromatic heterocycles. The van der Waals surface area contributed by atoms with E-state index in [-0.39, 0.29) is 40.7 Å². The Morgan fingerprint density at radius 3 is 2.05 bits per heavy atom. The zero-order valence-electron chi connectivity index (χ0n) is 24.8. The summed E-state index contributed by atoms with van der Waals surface area (Å²) in [7, 11) is -1.50. The first kappa shape index (κ1) is 32.9. The fourth-order valence-electron chi connectivity index (χ4n) is 4.49. The number of carbonyl (C=O) groups is 2. The number of ether oxygens (including phenoxy) is 2. The van der Waals surface area contributed by atoms with Crippen LogP contribution in [0.4, 0.5) is 11.4 Å². The van der Waals surface area contributed by atoms with E-state index in [0.717, 1.165) is 10.4 Å². The first-order valence-electron chi connectivity index (χ1n) is 13.6. The standard InChI is InChI=1S/C30H36N4O8S/c1-6-27(30(36)31-7-2)32(19-22-9-13-24(41-4)14-10-22)29(35)20-33(23-11-15-25(42-5)16-12-23)43(39,40)26-17-8-21(3)28(18-26)34(37)38/h8-18,27H,6-7,19-20H2,1-5H3,(H,31,36)/t27-/m1/s1. The van der Waals surface area contributed by atoms with Gasteiger partial charge in [0.1, 0.15) is 24.1 Å². The fourth-order valence-corrected chi connectivity index (χ4v) is 5.92. The highest BCUT2D eigenvalue weighted by Gasteiger charge is 2.34. The van der Waals surface area contributed by atoms with Gasteiger partial charge in [-0.05, 0) is 68.3 Å². The van der Waals surface area contributed by atoms with Crippen LogP contribution in [0.3, 0.4) is 0 Å². The molecular weight excluding hydrogens is 576 g/mol. The second-order valence-corrected chi connectivity index (χ2v) is 11.5. The molecule has 1 N–H and O–H groups in total. The quantitative estimate of drug-likeness (QED) is 0.212. The Morgan fingerprint density at radius 1 is 0.953 bits per heavy atom. The van der Waals surface area contributed by atoms with Gasteiger partial charge in [-0.25, -0.2) is 8.42 Å². The molecule has 0 aliphatic carbocycles. The minimum absolute atomic E-state index is 0.0188. The molecule has 0 aliphatic rings. The van der Waals surface area contributed by atoms with Gasteiger partial charge in [-0.1, -0.05) is 25.1 Å². The van der Waals surface area contributed by atoms with E-state index in [2.05, 4.69) is 5.32 Å². The highest BCUT2D eigenvalue weighted by molar-refractivity contribution is 7.92. The lowest BCUT2D eigenvalue weighted by Gasteiger charge is -2.33. The van der Waals surface area contributed by atoms with Crippen LogP contribution in [0.5, 0.6) is 11.5 Å². The van der Waals surface area contributed by atoms with Gasteiger partial charge in [-0.15, -0.1) is 0 Å². The van der Waals surface area contributed by atoms with Crippen LogP contribution in [0.2, 0.25) is 0 Å². The van der Waals surface area contributed by atoms with Crippen LogP contribution in [-0.2, 0) is 26.2 Å². The van der Waals surface area contributed by atoms with Gasteiger partial charge in [0.15, 0.2) is 0 Å². The monoisotopic (exact) mass is 612 g/mol. The molecule has 12 nitrogen and oxygen atoms in total. The average Bonchev–Trinajstić information content (AvgIpc) is 3.00. The number of nitro benzene ring substituents is 1. The Labute approximate surface area is 251 Å². The number of hydrogen-bond acceptors (Lipinski definition) is 8. The first-order valence-corrected chi connectivity index (χ1v) is 15.0. The summed E-state index contributed by atoms with van der Waals surface area (Å²) < 4.78 is 39.4. The van der Waals surface area contributed by atoms with Gasteiger partial charge in [0.2, 0.25) is 11.8 Å². The molecule has 0 unspecified atom stereocenters. The lowest BCUT2D eigenvalue weighted by Crippen LogP contribution is -2.52. The van der Waals surface area contributed by atoms with Crippen molar-refractivity contribution >= 4 is 33.2 Å². The average molecular weight is 613 g/mol. The molecule has 3 rings (SSSR count). The number of sulfonamides is 1. The summed E-state index contributed by atoms with van der Waals surface area (Å²) in [5, 5.41) is 14.3. The van der Waals surface area contributed by atoms with Gasteiger partial charge in [0.25, 0.3) is 15.7 Å². The largest absolute Gasteiger partial charge is 0.497 e. The molecule has 0 bridgehead atoms. The minimum atomic E-state index is -4.50. The lowest BCUT2D eigenvalue weighted by atomic mass is 10.1. The number of aryl methyl sites for hydroxylation is 1. The van der Waals surface area contributed by atoms with E-state index in [1.54, 1.807) is 50.2 Å². The van der Waals surface area contributed by atoms with Crippen molar-refractivity contribution in [3.05, 3.63) is 88.0 Å². The molecule has 3 aromatic carbocycles. The van der Waals surface area contributed by atoms with E-state index in [1.165, 1.54) is 50.3 Å². The Balaban J connectivity index is 2.11. The minimum Gasteiger partial charge on any atom is -0.497 e. The number of carbonyl (C=O) groups excluding carboxylic acids is 2. The molecule has 0 radical (unpaired) electrons. The number of rotatable bonds is 14. The molecule has 3 aromatic rings. The third-order valence-electron chi connectivity index (χ3n) is 6.85. The van der Waals surface area contributed by atoms with Crippen LogP contribution in [-0.4, -0.2) is 63.4 Å². The Kier molecular flexibility index (Phi) is 11.1. The predicted octanol–water partition coefficient (Wildman–Crippen LogP) is 4.06. The van der Waals surface area contributed by atoms with Crippen LogP contribution >= 0.6 is 0 Å². The Morgan fingerprint density at radius 2 is 1.53 bits per heavy atom. The van der Waals surface area contributed by atoms with Crippen molar-refractivity contribution in [2.45, 2.75) is 44.7 Å². The predicted molar refractivity (Wildman–Crippen MR) is 162 cm³/mol. The highest BCUT2D eigenvalue weighted by atomic mass is 32.2. The van der Waals surface area contributed by atoms with Gasteiger partial charge in [0.05, 0.1) is 29.7 Å². The third kappa shape index (κ3) is 7.80. The summed E-state index contributed by atoms with van der Waals surface area (Å²) in [6, 6.07) is 15.7. The highest BCUT2D eigenvalue weighted by Crippen LogP contribution is 2.29. The van der Waals surface area contributed by atoms with Crippen molar-refractivity contribution in [1.29, 1.82) is 0 Å². The molecule has 1 atom stereocenters. The molecule has 0 spiro atoms. The molecule has 0 aliphatic heterocycles. The summed E-state index contributed by atoms with van der Waals surface area (Å²) in [5.41, 5.74) is 0.748. The van der Waals surface area contributed by atoms with Crippen molar-refractivity contribution in [3.63, 3.8) is 0 Å². The Bertz CT molecular complexity index is 1540. The van der Waals surface area contributed by atoms with Gasteiger partial charge in [-0.2, -0.15) is 0 Å². The molecule has 0 saturated carbocycles. The number of benzene rings is 3. The van der Waals surface area contributed by atoms with Gasteiger partial charge in [-0.3, -0.25) is 24.0 Å². The maximum absolute atomic E-state index is 14.1. The number of hydrogen-bond donors (Lipinski definition) is 1. The van der Waals surface area contributed by atoms with E-state index < -0.39 is 33.4 Å². The summed E-state index contributed by atoms with van der Waals surface area (Å²) in [6.07, 6.45) is 0.271. The topological polar surface area (TPSA) is 148 Å². The Hall–Kier alpha value is -4.65. The van der Waals surface area contributed by atoms with Crippen LogP contribution in [0, 0.1) is 17.0 Å². The summed E-state index contributed by atoms with van der Waals surface area (Å²) in [6.45, 7) is 4.71. The molecule has 0 heterocycles. The number of methoxy groups -OCH3 is 2.